The fourth-order valence-corrected chi connectivity index (χ4v) is 4.08. The van der Waals surface area contributed by atoms with Crippen LogP contribution in [0.2, 0.25) is 0 Å². The molecule has 1 amide bonds. The largest absolute Gasteiger partial charge is 0.493 e. The van der Waals surface area contributed by atoms with Crippen LogP contribution in [0.3, 0.4) is 0 Å². The van der Waals surface area contributed by atoms with Crippen molar-refractivity contribution in [2.24, 2.45) is 0 Å². The zero-order valence-corrected chi connectivity index (χ0v) is 19.5. The standard InChI is InChI=1S/C23H22N2O8S/c1-4-32-23(27)21-15(14-9-10-18(30-2)19(11-14)31-3)13-34-22(21)24-20(26)12-33-17-8-6-5-7-16(17)25(28)29/h5-11,13H,4,12H2,1-3H3,(H,24,26). The summed E-state index contributed by atoms with van der Waals surface area (Å²) in [7, 11) is 3.02. The van der Waals surface area contributed by atoms with Crippen LogP contribution in [0.5, 0.6) is 17.2 Å². The lowest BCUT2D eigenvalue weighted by atomic mass is 10.0. The van der Waals surface area contributed by atoms with Gasteiger partial charge in [-0.3, -0.25) is 14.9 Å². The van der Waals surface area contributed by atoms with Crippen molar-refractivity contribution < 1.29 is 33.5 Å². The van der Waals surface area contributed by atoms with Gasteiger partial charge in [0.05, 0.1) is 25.7 Å². The summed E-state index contributed by atoms with van der Waals surface area (Å²) in [5.41, 5.74) is 1.13. The van der Waals surface area contributed by atoms with Gasteiger partial charge in [0.15, 0.2) is 23.9 Å². The highest BCUT2D eigenvalue weighted by molar-refractivity contribution is 7.15. The number of para-hydroxylation sites is 2. The van der Waals surface area contributed by atoms with E-state index in [9.17, 15) is 19.7 Å². The monoisotopic (exact) mass is 486 g/mol. The van der Waals surface area contributed by atoms with Gasteiger partial charge in [-0.1, -0.05) is 18.2 Å². The Balaban J connectivity index is 1.86. The second-order valence-corrected chi connectivity index (χ2v) is 7.59. The summed E-state index contributed by atoms with van der Waals surface area (Å²) < 4.78 is 21.1. The summed E-state index contributed by atoms with van der Waals surface area (Å²) in [5.74, 6) is -0.234. The molecular weight excluding hydrogens is 464 g/mol. The van der Waals surface area contributed by atoms with E-state index in [1.165, 1.54) is 32.4 Å². The molecular formula is C23H22N2O8S. The maximum Gasteiger partial charge on any atom is 0.341 e. The molecule has 2 aromatic carbocycles. The Morgan fingerprint density at radius 1 is 1.06 bits per heavy atom. The fraction of sp³-hybridized carbons (Fsp3) is 0.217. The average Bonchev–Trinajstić information content (AvgIpc) is 3.26. The maximum absolute atomic E-state index is 12.7. The van der Waals surface area contributed by atoms with Gasteiger partial charge in [0, 0.05) is 17.0 Å². The van der Waals surface area contributed by atoms with Gasteiger partial charge < -0.3 is 24.3 Å². The topological polar surface area (TPSA) is 126 Å². The summed E-state index contributed by atoms with van der Waals surface area (Å²) in [6, 6.07) is 10.9. The Kier molecular flexibility index (Phi) is 8.04. The highest BCUT2D eigenvalue weighted by Crippen LogP contribution is 2.39. The number of nitro groups is 1. The molecule has 0 fully saturated rings. The summed E-state index contributed by atoms with van der Waals surface area (Å²) in [6.45, 7) is 1.34. The van der Waals surface area contributed by atoms with E-state index in [4.69, 9.17) is 18.9 Å². The number of nitrogens with zero attached hydrogens (tertiary/aromatic N) is 1. The fourth-order valence-electron chi connectivity index (χ4n) is 3.11. The molecule has 0 aliphatic rings. The van der Waals surface area contributed by atoms with Crippen LogP contribution in [-0.2, 0) is 9.53 Å². The van der Waals surface area contributed by atoms with Crippen molar-refractivity contribution >= 4 is 33.9 Å². The minimum absolute atomic E-state index is 0.0366. The number of amides is 1. The first-order valence-corrected chi connectivity index (χ1v) is 10.9. The number of benzene rings is 2. The smallest absolute Gasteiger partial charge is 0.341 e. The van der Waals surface area contributed by atoms with Crippen LogP contribution in [0.4, 0.5) is 10.7 Å². The lowest BCUT2D eigenvalue weighted by Crippen LogP contribution is -2.21. The minimum atomic E-state index is -0.608. The zero-order valence-electron chi connectivity index (χ0n) is 18.7. The van der Waals surface area contributed by atoms with Crippen molar-refractivity contribution in [1.29, 1.82) is 0 Å². The number of hydrogen-bond acceptors (Lipinski definition) is 9. The molecule has 10 nitrogen and oxygen atoms in total. The summed E-state index contributed by atoms with van der Waals surface area (Å²) >= 11 is 1.14. The molecule has 3 aromatic rings. The van der Waals surface area contributed by atoms with Gasteiger partial charge in [0.1, 0.15) is 10.6 Å². The molecule has 178 valence electrons. The van der Waals surface area contributed by atoms with Crippen LogP contribution < -0.4 is 19.5 Å². The molecule has 0 spiro atoms. The number of rotatable bonds is 10. The molecule has 0 aliphatic carbocycles. The van der Waals surface area contributed by atoms with E-state index < -0.39 is 23.4 Å². The maximum atomic E-state index is 12.7. The van der Waals surface area contributed by atoms with Crippen LogP contribution in [0.25, 0.3) is 11.1 Å². The van der Waals surface area contributed by atoms with E-state index >= 15 is 0 Å². The molecule has 0 saturated carbocycles. The first-order valence-electron chi connectivity index (χ1n) is 10.1. The van der Waals surface area contributed by atoms with Crippen molar-refractivity contribution in [1.82, 2.24) is 0 Å². The predicted octanol–water partition coefficient (Wildman–Crippen LogP) is 4.53. The van der Waals surface area contributed by atoms with E-state index in [2.05, 4.69) is 5.32 Å². The summed E-state index contributed by atoms with van der Waals surface area (Å²) in [4.78, 5) is 35.8. The number of nitrogens with one attached hydrogen (secondary N) is 1. The highest BCUT2D eigenvalue weighted by Gasteiger charge is 2.24. The molecule has 0 aliphatic heterocycles. The number of thiophene rings is 1. The number of methoxy groups -OCH3 is 2. The second-order valence-electron chi connectivity index (χ2n) is 6.71. The molecule has 1 N–H and O–H groups in total. The number of anilines is 1. The Labute approximate surface area is 199 Å². The predicted molar refractivity (Wildman–Crippen MR) is 126 cm³/mol. The van der Waals surface area contributed by atoms with Crippen molar-refractivity contribution in [2.75, 3.05) is 32.8 Å². The van der Waals surface area contributed by atoms with Crippen LogP contribution in [0.15, 0.2) is 47.8 Å². The number of nitro benzene ring substituents is 1. The van der Waals surface area contributed by atoms with Crippen LogP contribution in [-0.4, -0.2) is 44.2 Å². The third-order valence-corrected chi connectivity index (χ3v) is 5.53. The van der Waals surface area contributed by atoms with E-state index in [-0.39, 0.29) is 28.6 Å². The lowest BCUT2D eigenvalue weighted by Gasteiger charge is -2.11. The Bertz CT molecular complexity index is 1210. The van der Waals surface area contributed by atoms with E-state index in [1.54, 1.807) is 36.6 Å². The van der Waals surface area contributed by atoms with Crippen LogP contribution in [0.1, 0.15) is 17.3 Å². The van der Waals surface area contributed by atoms with E-state index in [0.717, 1.165) is 11.3 Å². The van der Waals surface area contributed by atoms with Gasteiger partial charge in [0.25, 0.3) is 5.91 Å². The van der Waals surface area contributed by atoms with Crippen molar-refractivity contribution in [3.05, 3.63) is 63.5 Å². The van der Waals surface area contributed by atoms with E-state index in [0.29, 0.717) is 22.6 Å². The highest BCUT2D eigenvalue weighted by atomic mass is 32.1. The summed E-state index contributed by atoms with van der Waals surface area (Å²) in [6.07, 6.45) is 0. The molecule has 3 rings (SSSR count). The first-order chi connectivity index (χ1) is 16.4. The molecule has 0 atom stereocenters. The molecule has 0 unspecified atom stereocenters. The first kappa shape index (κ1) is 24.5. The van der Waals surface area contributed by atoms with Gasteiger partial charge in [-0.2, -0.15) is 0 Å². The molecule has 0 saturated heterocycles. The van der Waals surface area contributed by atoms with Crippen molar-refractivity contribution in [2.45, 2.75) is 6.92 Å². The van der Waals surface area contributed by atoms with Crippen molar-refractivity contribution in [3.63, 3.8) is 0 Å². The normalized spacial score (nSPS) is 10.3. The van der Waals surface area contributed by atoms with Gasteiger partial charge in [0.2, 0.25) is 0 Å². The van der Waals surface area contributed by atoms with Gasteiger partial charge >= 0.3 is 11.7 Å². The summed E-state index contributed by atoms with van der Waals surface area (Å²) in [5, 5.41) is 15.7. The van der Waals surface area contributed by atoms with E-state index in [1.807, 2.05) is 0 Å². The molecule has 11 heteroatoms. The van der Waals surface area contributed by atoms with Gasteiger partial charge in [-0.15, -0.1) is 11.3 Å². The lowest BCUT2D eigenvalue weighted by molar-refractivity contribution is -0.385. The number of esters is 1. The molecule has 34 heavy (non-hydrogen) atoms. The van der Waals surface area contributed by atoms with Crippen molar-refractivity contribution in [3.8, 4) is 28.4 Å². The molecule has 0 bridgehead atoms. The number of ether oxygens (including phenoxy) is 4. The second kappa shape index (κ2) is 11.1. The molecule has 1 aromatic heterocycles. The van der Waals surface area contributed by atoms with Crippen LogP contribution >= 0.6 is 11.3 Å². The third-order valence-electron chi connectivity index (χ3n) is 4.64. The van der Waals surface area contributed by atoms with Crippen LogP contribution in [0, 0.1) is 10.1 Å². The number of hydrogen-bond donors (Lipinski definition) is 1. The molecule has 0 radical (unpaired) electrons. The third kappa shape index (κ3) is 5.44. The Morgan fingerprint density at radius 3 is 2.47 bits per heavy atom. The van der Waals surface area contributed by atoms with Gasteiger partial charge in [-0.25, -0.2) is 4.79 Å². The number of carbonyl (C=O) groups is 2. The minimum Gasteiger partial charge on any atom is -0.493 e. The molecule has 1 heterocycles. The zero-order chi connectivity index (χ0) is 24.7. The quantitative estimate of drug-likeness (QED) is 0.252. The van der Waals surface area contributed by atoms with Gasteiger partial charge in [-0.05, 0) is 30.7 Å². The average molecular weight is 487 g/mol. The Hall–Kier alpha value is -4.12. The SMILES string of the molecule is CCOC(=O)c1c(-c2ccc(OC)c(OC)c2)csc1NC(=O)COc1ccccc1[N+](=O)[O-]. The number of carbonyl (C=O) groups excluding carboxylic acids is 2. The Morgan fingerprint density at radius 2 is 1.79 bits per heavy atom.